The Hall–Kier alpha value is -0.610. The second-order valence-electron chi connectivity index (χ2n) is 5.24. The summed E-state index contributed by atoms with van der Waals surface area (Å²) in [5, 5.41) is 2.95. The first-order valence-corrected chi connectivity index (χ1v) is 6.25. The van der Waals surface area contributed by atoms with Gasteiger partial charge < -0.3 is 11.1 Å². The van der Waals surface area contributed by atoms with Crippen LogP contribution in [0.1, 0.15) is 27.2 Å². The summed E-state index contributed by atoms with van der Waals surface area (Å²) in [6.45, 7) is 9.32. The molecule has 0 aliphatic carbocycles. The summed E-state index contributed by atoms with van der Waals surface area (Å²) in [7, 11) is 0. The maximum Gasteiger partial charge on any atom is 0.234 e. The Bertz CT molecular complexity index is 230. The molecule has 94 valence electrons. The van der Waals surface area contributed by atoms with Crippen molar-refractivity contribution in [2.45, 2.75) is 33.2 Å². The molecule has 0 saturated carbocycles. The molecule has 0 aromatic carbocycles. The van der Waals surface area contributed by atoms with E-state index in [0.29, 0.717) is 31.0 Å². The Labute approximate surface area is 98.6 Å². The van der Waals surface area contributed by atoms with E-state index in [-0.39, 0.29) is 5.91 Å². The topological polar surface area (TPSA) is 58.4 Å². The fourth-order valence-corrected chi connectivity index (χ4v) is 2.22. The molecule has 0 bridgehead atoms. The van der Waals surface area contributed by atoms with Crippen molar-refractivity contribution >= 4 is 5.91 Å². The zero-order valence-electron chi connectivity index (χ0n) is 10.7. The maximum atomic E-state index is 11.7. The lowest BCUT2D eigenvalue weighted by Gasteiger charge is -2.24. The van der Waals surface area contributed by atoms with Gasteiger partial charge >= 0.3 is 0 Å². The molecule has 1 aliphatic heterocycles. The zero-order valence-corrected chi connectivity index (χ0v) is 10.7. The van der Waals surface area contributed by atoms with Gasteiger partial charge in [-0.05, 0) is 24.8 Å². The van der Waals surface area contributed by atoms with Gasteiger partial charge in [0.1, 0.15) is 0 Å². The van der Waals surface area contributed by atoms with E-state index in [1.165, 1.54) is 0 Å². The number of hydrogen-bond donors (Lipinski definition) is 2. The summed E-state index contributed by atoms with van der Waals surface area (Å²) in [6, 6.07) is 0.379. The van der Waals surface area contributed by atoms with Crippen LogP contribution in [0.3, 0.4) is 0 Å². The number of nitrogens with zero attached hydrogens (tertiary/aromatic N) is 1. The number of carbonyl (C=O) groups excluding carboxylic acids is 1. The molecule has 16 heavy (non-hydrogen) atoms. The predicted molar refractivity (Wildman–Crippen MR) is 66.0 cm³/mol. The SMILES string of the molecule is CC(C)CNC(=O)CN1CCC(C)C1CN. The molecule has 1 amide bonds. The fraction of sp³-hybridized carbons (Fsp3) is 0.917. The van der Waals surface area contributed by atoms with E-state index in [4.69, 9.17) is 5.73 Å². The highest BCUT2D eigenvalue weighted by atomic mass is 16.2. The molecule has 1 heterocycles. The first kappa shape index (κ1) is 13.5. The van der Waals surface area contributed by atoms with Gasteiger partial charge in [0, 0.05) is 19.1 Å². The molecule has 0 radical (unpaired) electrons. The second kappa shape index (κ2) is 6.21. The number of carbonyl (C=O) groups is 1. The van der Waals surface area contributed by atoms with E-state index in [1.54, 1.807) is 0 Å². The smallest absolute Gasteiger partial charge is 0.234 e. The second-order valence-corrected chi connectivity index (χ2v) is 5.24. The Morgan fingerprint density at radius 2 is 2.25 bits per heavy atom. The monoisotopic (exact) mass is 227 g/mol. The zero-order chi connectivity index (χ0) is 12.1. The van der Waals surface area contributed by atoms with Crippen LogP contribution in [-0.2, 0) is 4.79 Å². The van der Waals surface area contributed by atoms with Crippen LogP contribution in [0.15, 0.2) is 0 Å². The van der Waals surface area contributed by atoms with Crippen LogP contribution < -0.4 is 11.1 Å². The minimum atomic E-state index is 0.126. The number of amides is 1. The summed E-state index contributed by atoms with van der Waals surface area (Å²) in [5.74, 6) is 1.25. The largest absolute Gasteiger partial charge is 0.355 e. The Kier molecular flexibility index (Phi) is 5.22. The lowest BCUT2D eigenvalue weighted by atomic mass is 10.0. The van der Waals surface area contributed by atoms with Crippen molar-refractivity contribution in [2.24, 2.45) is 17.6 Å². The molecular weight excluding hydrogens is 202 g/mol. The molecule has 4 nitrogen and oxygen atoms in total. The summed E-state index contributed by atoms with van der Waals surface area (Å²) in [6.07, 6.45) is 1.15. The Morgan fingerprint density at radius 1 is 1.56 bits per heavy atom. The van der Waals surface area contributed by atoms with E-state index in [0.717, 1.165) is 19.5 Å². The summed E-state index contributed by atoms with van der Waals surface area (Å²) < 4.78 is 0. The molecule has 1 saturated heterocycles. The van der Waals surface area contributed by atoms with Gasteiger partial charge in [0.25, 0.3) is 0 Å². The summed E-state index contributed by atoms with van der Waals surface area (Å²) in [5.41, 5.74) is 5.74. The van der Waals surface area contributed by atoms with Crippen molar-refractivity contribution in [2.75, 3.05) is 26.2 Å². The van der Waals surface area contributed by atoms with Gasteiger partial charge in [-0.3, -0.25) is 9.69 Å². The summed E-state index contributed by atoms with van der Waals surface area (Å²) in [4.78, 5) is 13.9. The lowest BCUT2D eigenvalue weighted by Crippen LogP contribution is -2.44. The van der Waals surface area contributed by atoms with E-state index in [2.05, 4.69) is 31.0 Å². The number of likely N-dealkylation sites (tertiary alicyclic amines) is 1. The standard InChI is InChI=1S/C12H25N3O/c1-9(2)7-14-12(16)8-15-5-4-10(3)11(15)6-13/h9-11H,4-8,13H2,1-3H3,(H,14,16). The molecular formula is C12H25N3O. The normalized spacial score (nSPS) is 26.3. The molecule has 4 heteroatoms. The highest BCUT2D eigenvalue weighted by Crippen LogP contribution is 2.22. The van der Waals surface area contributed by atoms with Crippen LogP contribution in [-0.4, -0.2) is 43.0 Å². The highest BCUT2D eigenvalue weighted by Gasteiger charge is 2.30. The lowest BCUT2D eigenvalue weighted by molar-refractivity contribution is -0.122. The van der Waals surface area contributed by atoms with Crippen molar-refractivity contribution in [3.8, 4) is 0 Å². The van der Waals surface area contributed by atoms with Gasteiger partial charge in [-0.2, -0.15) is 0 Å². The van der Waals surface area contributed by atoms with Crippen molar-refractivity contribution in [1.29, 1.82) is 0 Å². The van der Waals surface area contributed by atoms with Crippen LogP contribution in [0.4, 0.5) is 0 Å². The predicted octanol–water partition coefficient (Wildman–Crippen LogP) is 0.428. The Morgan fingerprint density at radius 3 is 2.81 bits per heavy atom. The molecule has 1 aliphatic rings. The molecule has 0 aromatic rings. The third-order valence-corrected chi connectivity index (χ3v) is 3.29. The Balaban J connectivity index is 2.33. The van der Waals surface area contributed by atoms with Gasteiger partial charge in [-0.1, -0.05) is 20.8 Å². The van der Waals surface area contributed by atoms with E-state index in [9.17, 15) is 4.79 Å². The maximum absolute atomic E-state index is 11.7. The van der Waals surface area contributed by atoms with E-state index in [1.807, 2.05) is 0 Å². The molecule has 2 atom stereocenters. The van der Waals surface area contributed by atoms with Crippen molar-refractivity contribution in [3.05, 3.63) is 0 Å². The molecule has 1 fully saturated rings. The van der Waals surface area contributed by atoms with Gasteiger partial charge in [0.15, 0.2) is 0 Å². The number of hydrogen-bond acceptors (Lipinski definition) is 3. The van der Waals surface area contributed by atoms with Crippen molar-refractivity contribution in [1.82, 2.24) is 10.2 Å². The van der Waals surface area contributed by atoms with Gasteiger partial charge in [0.05, 0.1) is 6.54 Å². The van der Waals surface area contributed by atoms with Crippen LogP contribution >= 0.6 is 0 Å². The highest BCUT2D eigenvalue weighted by molar-refractivity contribution is 5.78. The number of nitrogens with one attached hydrogen (secondary N) is 1. The third kappa shape index (κ3) is 3.76. The van der Waals surface area contributed by atoms with Crippen LogP contribution in [0.2, 0.25) is 0 Å². The molecule has 0 spiro atoms. The summed E-state index contributed by atoms with van der Waals surface area (Å²) >= 11 is 0. The van der Waals surface area contributed by atoms with Gasteiger partial charge in [0.2, 0.25) is 5.91 Å². The minimum absolute atomic E-state index is 0.126. The molecule has 1 rings (SSSR count). The van der Waals surface area contributed by atoms with E-state index < -0.39 is 0 Å². The molecule has 0 aromatic heterocycles. The number of nitrogens with two attached hydrogens (primary N) is 1. The fourth-order valence-electron chi connectivity index (χ4n) is 2.22. The van der Waals surface area contributed by atoms with Crippen molar-refractivity contribution in [3.63, 3.8) is 0 Å². The average molecular weight is 227 g/mol. The number of rotatable bonds is 5. The minimum Gasteiger partial charge on any atom is -0.355 e. The average Bonchev–Trinajstić information content (AvgIpc) is 2.56. The third-order valence-electron chi connectivity index (χ3n) is 3.29. The van der Waals surface area contributed by atoms with Crippen LogP contribution in [0, 0.1) is 11.8 Å². The quantitative estimate of drug-likeness (QED) is 0.716. The molecule has 3 N–H and O–H groups in total. The van der Waals surface area contributed by atoms with E-state index >= 15 is 0 Å². The van der Waals surface area contributed by atoms with Gasteiger partial charge in [-0.25, -0.2) is 0 Å². The first-order chi connectivity index (χ1) is 7.54. The van der Waals surface area contributed by atoms with Crippen molar-refractivity contribution < 1.29 is 4.79 Å². The molecule has 2 unspecified atom stereocenters. The van der Waals surface area contributed by atoms with Gasteiger partial charge in [-0.15, -0.1) is 0 Å². The first-order valence-electron chi connectivity index (χ1n) is 6.25. The van der Waals surface area contributed by atoms with Crippen LogP contribution in [0.5, 0.6) is 0 Å². The van der Waals surface area contributed by atoms with Crippen LogP contribution in [0.25, 0.3) is 0 Å².